The quantitative estimate of drug-likeness (QED) is 0.765. The average Bonchev–Trinajstić information content (AvgIpc) is 2.72. The molecule has 1 aromatic heterocycles. The molecule has 1 heterocycles. The molecule has 0 bridgehead atoms. The monoisotopic (exact) mass is 239 g/mol. The smallest absolute Gasteiger partial charge is 0.163 e. The minimum Gasteiger partial charge on any atom is -0.236 e. The molecule has 0 atom stereocenters. The summed E-state index contributed by atoms with van der Waals surface area (Å²) in [5.74, 6) is 0. The van der Waals surface area contributed by atoms with Crippen LogP contribution in [0.25, 0.3) is 5.69 Å². The molecule has 3 heteroatoms. The van der Waals surface area contributed by atoms with Crippen LogP contribution in [0, 0.1) is 18.3 Å². The Bertz CT molecular complexity index is 609. The molecule has 0 N–H and O–H groups in total. The minimum atomic E-state index is -0.0498. The molecule has 2 aromatic rings. The van der Waals surface area contributed by atoms with Crippen LogP contribution in [-0.2, 0) is 5.41 Å². The van der Waals surface area contributed by atoms with Gasteiger partial charge in [-0.15, -0.1) is 0 Å². The van der Waals surface area contributed by atoms with Gasteiger partial charge < -0.3 is 0 Å². The van der Waals surface area contributed by atoms with E-state index >= 15 is 0 Å². The van der Waals surface area contributed by atoms with Gasteiger partial charge in [-0.05, 0) is 30.7 Å². The molecular weight excluding hydrogens is 222 g/mol. The van der Waals surface area contributed by atoms with E-state index in [1.165, 1.54) is 5.56 Å². The molecule has 2 rings (SSSR count). The van der Waals surface area contributed by atoms with Crippen LogP contribution in [0.2, 0.25) is 0 Å². The lowest BCUT2D eigenvalue weighted by molar-refractivity contribution is 0.543. The summed E-state index contributed by atoms with van der Waals surface area (Å²) in [5, 5.41) is 13.4. The van der Waals surface area contributed by atoms with Crippen molar-refractivity contribution < 1.29 is 0 Å². The van der Waals surface area contributed by atoms with Gasteiger partial charge in [-0.1, -0.05) is 32.9 Å². The molecule has 92 valence electrons. The molecule has 0 saturated carbocycles. The van der Waals surface area contributed by atoms with Crippen LogP contribution in [-0.4, -0.2) is 9.78 Å². The molecular formula is C15H17N3. The van der Waals surface area contributed by atoms with E-state index < -0.39 is 0 Å². The van der Waals surface area contributed by atoms with Crippen molar-refractivity contribution in [2.45, 2.75) is 33.1 Å². The lowest BCUT2D eigenvalue weighted by Gasteiger charge is -2.20. The topological polar surface area (TPSA) is 41.6 Å². The van der Waals surface area contributed by atoms with Gasteiger partial charge in [0.15, 0.2) is 5.69 Å². The van der Waals surface area contributed by atoms with Crippen LogP contribution < -0.4 is 0 Å². The summed E-state index contributed by atoms with van der Waals surface area (Å²) < 4.78 is 1.87. The predicted molar refractivity (Wildman–Crippen MR) is 71.7 cm³/mol. The van der Waals surface area contributed by atoms with Gasteiger partial charge in [0.1, 0.15) is 6.07 Å². The fourth-order valence-corrected chi connectivity index (χ4v) is 1.93. The van der Waals surface area contributed by atoms with Gasteiger partial charge in [-0.25, -0.2) is 4.68 Å². The van der Waals surface area contributed by atoms with Gasteiger partial charge in [-0.3, -0.25) is 0 Å². The van der Waals surface area contributed by atoms with Crippen molar-refractivity contribution in [1.29, 1.82) is 5.26 Å². The van der Waals surface area contributed by atoms with Crippen molar-refractivity contribution in [3.05, 3.63) is 47.3 Å². The van der Waals surface area contributed by atoms with Crippen LogP contribution in [0.3, 0.4) is 0 Å². The molecule has 0 fully saturated rings. The molecule has 0 aliphatic carbocycles. The second kappa shape index (κ2) is 4.30. The van der Waals surface area contributed by atoms with Crippen molar-refractivity contribution >= 4 is 0 Å². The number of nitrogens with zero attached hydrogens (tertiary/aromatic N) is 3. The summed E-state index contributed by atoms with van der Waals surface area (Å²) in [6, 6.07) is 12.1. The standard InChI is InChI=1S/C15H17N3/c1-11-6-5-7-13(8-11)18-14(15(2,3)4)9-12(10-16)17-18/h5-9H,1-4H3. The van der Waals surface area contributed by atoms with Crippen molar-refractivity contribution in [3.63, 3.8) is 0 Å². The molecule has 0 saturated heterocycles. The molecule has 0 amide bonds. The first kappa shape index (κ1) is 12.4. The van der Waals surface area contributed by atoms with Gasteiger partial charge in [0.2, 0.25) is 0 Å². The Balaban J connectivity index is 2.64. The maximum Gasteiger partial charge on any atom is 0.163 e. The van der Waals surface area contributed by atoms with E-state index in [-0.39, 0.29) is 5.41 Å². The number of hydrogen-bond donors (Lipinski definition) is 0. The van der Waals surface area contributed by atoms with Crippen LogP contribution in [0.5, 0.6) is 0 Å². The number of aromatic nitrogens is 2. The first-order chi connectivity index (χ1) is 8.41. The third kappa shape index (κ3) is 2.28. The highest BCUT2D eigenvalue weighted by Crippen LogP contribution is 2.25. The Morgan fingerprint density at radius 3 is 2.50 bits per heavy atom. The van der Waals surface area contributed by atoms with Crippen molar-refractivity contribution in [2.24, 2.45) is 0 Å². The lowest BCUT2D eigenvalue weighted by atomic mass is 9.91. The Morgan fingerprint density at radius 1 is 1.22 bits per heavy atom. The van der Waals surface area contributed by atoms with Crippen LogP contribution >= 0.6 is 0 Å². The number of aryl methyl sites for hydroxylation is 1. The van der Waals surface area contributed by atoms with E-state index in [0.717, 1.165) is 11.4 Å². The Hall–Kier alpha value is -2.08. The number of hydrogen-bond acceptors (Lipinski definition) is 2. The van der Waals surface area contributed by atoms with Gasteiger partial charge >= 0.3 is 0 Å². The van der Waals surface area contributed by atoms with E-state index in [1.807, 2.05) is 22.9 Å². The predicted octanol–water partition coefficient (Wildman–Crippen LogP) is 3.35. The van der Waals surface area contributed by atoms with E-state index in [9.17, 15) is 0 Å². The van der Waals surface area contributed by atoms with Gasteiger partial charge in [0, 0.05) is 5.41 Å². The minimum absolute atomic E-state index is 0.0498. The van der Waals surface area contributed by atoms with Crippen LogP contribution in [0.15, 0.2) is 30.3 Å². The van der Waals surface area contributed by atoms with Gasteiger partial charge in [0.25, 0.3) is 0 Å². The molecule has 0 aliphatic rings. The zero-order valence-electron chi connectivity index (χ0n) is 11.2. The third-order valence-corrected chi connectivity index (χ3v) is 2.84. The fourth-order valence-electron chi connectivity index (χ4n) is 1.93. The summed E-state index contributed by atoms with van der Waals surface area (Å²) in [4.78, 5) is 0. The maximum atomic E-state index is 9.02. The summed E-state index contributed by atoms with van der Waals surface area (Å²) in [7, 11) is 0. The molecule has 0 aliphatic heterocycles. The maximum absolute atomic E-state index is 9.02. The molecule has 3 nitrogen and oxygen atoms in total. The highest BCUT2D eigenvalue weighted by atomic mass is 15.3. The van der Waals surface area contributed by atoms with E-state index in [1.54, 1.807) is 0 Å². The summed E-state index contributed by atoms with van der Waals surface area (Å²) >= 11 is 0. The average molecular weight is 239 g/mol. The van der Waals surface area contributed by atoms with Gasteiger partial charge in [-0.2, -0.15) is 10.4 Å². The second-order valence-corrected chi connectivity index (χ2v) is 5.53. The molecule has 0 spiro atoms. The van der Waals surface area contributed by atoms with E-state index in [4.69, 9.17) is 5.26 Å². The lowest BCUT2D eigenvalue weighted by Crippen LogP contribution is -2.17. The first-order valence-electron chi connectivity index (χ1n) is 5.99. The van der Waals surface area contributed by atoms with Crippen molar-refractivity contribution in [2.75, 3.05) is 0 Å². The zero-order valence-corrected chi connectivity index (χ0v) is 11.2. The zero-order chi connectivity index (χ0) is 13.3. The first-order valence-corrected chi connectivity index (χ1v) is 5.99. The molecule has 18 heavy (non-hydrogen) atoms. The highest BCUT2D eigenvalue weighted by molar-refractivity contribution is 5.39. The van der Waals surface area contributed by atoms with E-state index in [2.05, 4.69) is 51.0 Å². The second-order valence-electron chi connectivity index (χ2n) is 5.53. The van der Waals surface area contributed by atoms with Crippen molar-refractivity contribution in [3.8, 4) is 11.8 Å². The summed E-state index contributed by atoms with van der Waals surface area (Å²) in [6.07, 6.45) is 0. The normalized spacial score (nSPS) is 11.3. The Kier molecular flexibility index (Phi) is 2.96. The number of nitriles is 1. The summed E-state index contributed by atoms with van der Waals surface area (Å²) in [6.45, 7) is 8.42. The van der Waals surface area contributed by atoms with Crippen molar-refractivity contribution in [1.82, 2.24) is 9.78 Å². The van der Waals surface area contributed by atoms with Gasteiger partial charge in [0.05, 0.1) is 11.4 Å². The summed E-state index contributed by atoms with van der Waals surface area (Å²) in [5.41, 5.74) is 3.64. The highest BCUT2D eigenvalue weighted by Gasteiger charge is 2.21. The van der Waals surface area contributed by atoms with Crippen LogP contribution in [0.4, 0.5) is 0 Å². The SMILES string of the molecule is Cc1cccc(-n2nc(C#N)cc2C(C)(C)C)c1. The molecule has 1 aromatic carbocycles. The number of rotatable bonds is 1. The molecule has 0 unspecified atom stereocenters. The largest absolute Gasteiger partial charge is 0.236 e. The third-order valence-electron chi connectivity index (χ3n) is 2.84. The number of benzene rings is 1. The molecule has 0 radical (unpaired) electrons. The van der Waals surface area contributed by atoms with Crippen LogP contribution in [0.1, 0.15) is 37.7 Å². The Labute approximate surface area is 108 Å². The van der Waals surface area contributed by atoms with E-state index in [0.29, 0.717) is 5.69 Å². The fraction of sp³-hybridized carbons (Fsp3) is 0.333. The Morgan fingerprint density at radius 2 is 1.94 bits per heavy atom.